The zero-order valence-corrected chi connectivity index (χ0v) is 12.5. The van der Waals surface area contributed by atoms with Crippen molar-refractivity contribution in [3.63, 3.8) is 0 Å². The van der Waals surface area contributed by atoms with Gasteiger partial charge in [-0.2, -0.15) is 0 Å². The number of carbonyl (C=O) groups is 1. The topological polar surface area (TPSA) is 78.4 Å². The van der Waals surface area contributed by atoms with Crippen molar-refractivity contribution in [1.82, 2.24) is 15.3 Å². The van der Waals surface area contributed by atoms with Crippen molar-refractivity contribution in [3.8, 4) is 0 Å². The molecule has 20 heavy (non-hydrogen) atoms. The number of carbonyl (C=O) groups excluding carboxylic acids is 1. The highest BCUT2D eigenvalue weighted by Crippen LogP contribution is 2.24. The van der Waals surface area contributed by atoms with Gasteiger partial charge in [0, 0.05) is 31.4 Å². The lowest BCUT2D eigenvalue weighted by atomic mass is 9.83. The molecule has 1 heterocycles. The summed E-state index contributed by atoms with van der Waals surface area (Å²) in [6, 6.07) is 1.73. The van der Waals surface area contributed by atoms with E-state index in [1.165, 1.54) is 0 Å². The smallest absolute Gasteiger partial charge is 0.239 e. The average Bonchev–Trinajstić information content (AvgIpc) is 2.50. The second kappa shape index (κ2) is 7.79. The quantitative estimate of drug-likeness (QED) is 0.737. The molecule has 0 aromatic carbocycles. The number of rotatable bonds is 8. The second-order valence-electron chi connectivity index (χ2n) is 5.05. The summed E-state index contributed by atoms with van der Waals surface area (Å²) in [6.07, 6.45) is 4.94. The molecule has 0 unspecified atom stereocenters. The summed E-state index contributed by atoms with van der Waals surface area (Å²) in [6.45, 7) is 4.81. The van der Waals surface area contributed by atoms with Crippen molar-refractivity contribution in [3.05, 3.63) is 18.5 Å². The third kappa shape index (κ3) is 4.45. The first kappa shape index (κ1) is 16.4. The van der Waals surface area contributed by atoms with E-state index >= 15 is 0 Å². The fourth-order valence-corrected chi connectivity index (χ4v) is 1.90. The third-order valence-electron chi connectivity index (χ3n) is 3.77. The Hall–Kier alpha value is -1.69. The lowest BCUT2D eigenvalue weighted by Crippen LogP contribution is -2.43. The predicted octanol–water partition coefficient (Wildman–Crippen LogP) is 0.828. The van der Waals surface area contributed by atoms with Gasteiger partial charge < -0.3 is 15.3 Å². The van der Waals surface area contributed by atoms with E-state index in [9.17, 15) is 9.90 Å². The lowest BCUT2D eigenvalue weighted by molar-refractivity contribution is -0.120. The van der Waals surface area contributed by atoms with Crippen LogP contribution in [0, 0.1) is 5.41 Å². The third-order valence-corrected chi connectivity index (χ3v) is 3.77. The second-order valence-corrected chi connectivity index (χ2v) is 5.05. The monoisotopic (exact) mass is 280 g/mol. The van der Waals surface area contributed by atoms with Crippen molar-refractivity contribution in [2.75, 3.05) is 31.6 Å². The highest BCUT2D eigenvalue weighted by Gasteiger charge is 2.25. The van der Waals surface area contributed by atoms with Crippen LogP contribution in [-0.2, 0) is 4.79 Å². The summed E-state index contributed by atoms with van der Waals surface area (Å²) in [5, 5.41) is 12.3. The fourth-order valence-electron chi connectivity index (χ4n) is 1.90. The molecule has 112 valence electrons. The minimum absolute atomic E-state index is 0.0813. The number of hydrogen-bond donors (Lipinski definition) is 2. The molecule has 0 fully saturated rings. The van der Waals surface area contributed by atoms with E-state index in [1.807, 2.05) is 13.8 Å². The normalized spacial score (nSPS) is 11.2. The molecule has 1 amide bonds. The molecule has 6 nitrogen and oxygen atoms in total. The summed E-state index contributed by atoms with van der Waals surface area (Å²) in [4.78, 5) is 21.8. The Kier molecular flexibility index (Phi) is 6.38. The number of amides is 1. The van der Waals surface area contributed by atoms with E-state index in [2.05, 4.69) is 15.3 Å². The van der Waals surface area contributed by atoms with Gasteiger partial charge in [-0.1, -0.05) is 13.8 Å². The molecule has 0 radical (unpaired) electrons. The molecule has 2 N–H and O–H groups in total. The van der Waals surface area contributed by atoms with Crippen LogP contribution in [0.25, 0.3) is 0 Å². The maximum atomic E-state index is 11.9. The van der Waals surface area contributed by atoms with Gasteiger partial charge in [0.1, 0.15) is 0 Å². The standard InChI is InChI=1S/C14H24N4O2/c1-4-14(5-2,11-19)10-17-12(20)9-18(3)13-15-7-6-8-16-13/h6-8,19H,4-5,9-11H2,1-3H3,(H,17,20). The first-order valence-corrected chi connectivity index (χ1v) is 6.92. The van der Waals surface area contributed by atoms with Crippen LogP contribution >= 0.6 is 0 Å². The maximum absolute atomic E-state index is 11.9. The summed E-state index contributed by atoms with van der Waals surface area (Å²) in [5.74, 6) is 0.418. The summed E-state index contributed by atoms with van der Waals surface area (Å²) >= 11 is 0. The number of aromatic nitrogens is 2. The highest BCUT2D eigenvalue weighted by molar-refractivity contribution is 5.80. The van der Waals surface area contributed by atoms with Crippen LogP contribution in [0.2, 0.25) is 0 Å². The van der Waals surface area contributed by atoms with E-state index in [0.29, 0.717) is 12.5 Å². The first-order chi connectivity index (χ1) is 9.56. The Bertz CT molecular complexity index is 399. The van der Waals surface area contributed by atoms with Crippen molar-refractivity contribution in [1.29, 1.82) is 0 Å². The summed E-state index contributed by atoms with van der Waals surface area (Å²) in [5.41, 5.74) is -0.225. The van der Waals surface area contributed by atoms with Crippen LogP contribution in [0.3, 0.4) is 0 Å². The molecule has 0 aliphatic rings. The molecular formula is C14H24N4O2. The van der Waals surface area contributed by atoms with Crippen molar-refractivity contribution >= 4 is 11.9 Å². The Labute approximate surface area is 120 Å². The average molecular weight is 280 g/mol. The Morgan fingerprint density at radius 2 is 1.95 bits per heavy atom. The number of hydrogen-bond acceptors (Lipinski definition) is 5. The zero-order chi connectivity index (χ0) is 15.0. The molecule has 1 rings (SSSR count). The number of likely N-dealkylation sites (N-methyl/N-ethyl adjacent to an activating group) is 1. The molecule has 0 aliphatic heterocycles. The van der Waals surface area contributed by atoms with Gasteiger partial charge in [-0.25, -0.2) is 9.97 Å². The van der Waals surface area contributed by atoms with E-state index in [4.69, 9.17) is 0 Å². The minimum atomic E-state index is -0.225. The fraction of sp³-hybridized carbons (Fsp3) is 0.643. The molecular weight excluding hydrogens is 256 g/mol. The zero-order valence-electron chi connectivity index (χ0n) is 12.5. The van der Waals surface area contributed by atoms with Gasteiger partial charge in [0.15, 0.2) is 0 Å². The maximum Gasteiger partial charge on any atom is 0.239 e. The van der Waals surface area contributed by atoms with Crippen LogP contribution in [-0.4, -0.2) is 47.7 Å². The van der Waals surface area contributed by atoms with Gasteiger partial charge in [0.2, 0.25) is 11.9 Å². The van der Waals surface area contributed by atoms with E-state index in [-0.39, 0.29) is 24.5 Å². The largest absolute Gasteiger partial charge is 0.396 e. The Morgan fingerprint density at radius 3 is 2.45 bits per heavy atom. The molecule has 0 spiro atoms. The van der Waals surface area contributed by atoms with Crippen molar-refractivity contribution in [2.45, 2.75) is 26.7 Å². The molecule has 0 atom stereocenters. The summed E-state index contributed by atoms with van der Waals surface area (Å²) < 4.78 is 0. The predicted molar refractivity (Wildman–Crippen MR) is 78.4 cm³/mol. The van der Waals surface area contributed by atoms with Gasteiger partial charge in [-0.05, 0) is 18.9 Å². The molecule has 0 bridgehead atoms. The van der Waals surface area contributed by atoms with E-state index in [0.717, 1.165) is 12.8 Å². The molecule has 6 heteroatoms. The molecule has 1 aromatic heterocycles. The molecule has 0 saturated heterocycles. The van der Waals surface area contributed by atoms with Gasteiger partial charge in [0.05, 0.1) is 13.2 Å². The van der Waals surface area contributed by atoms with Crippen LogP contribution in [0.4, 0.5) is 5.95 Å². The number of nitrogens with one attached hydrogen (secondary N) is 1. The molecule has 0 saturated carbocycles. The van der Waals surface area contributed by atoms with Crippen LogP contribution in [0.1, 0.15) is 26.7 Å². The molecule has 0 aliphatic carbocycles. The molecule has 1 aromatic rings. The number of aliphatic hydroxyl groups is 1. The van der Waals surface area contributed by atoms with Gasteiger partial charge >= 0.3 is 0 Å². The lowest BCUT2D eigenvalue weighted by Gasteiger charge is -2.29. The van der Waals surface area contributed by atoms with Crippen molar-refractivity contribution < 1.29 is 9.90 Å². The van der Waals surface area contributed by atoms with Gasteiger partial charge in [-0.3, -0.25) is 4.79 Å². The van der Waals surface area contributed by atoms with Gasteiger partial charge in [-0.15, -0.1) is 0 Å². The first-order valence-electron chi connectivity index (χ1n) is 6.92. The summed E-state index contributed by atoms with van der Waals surface area (Å²) in [7, 11) is 1.77. The Morgan fingerprint density at radius 1 is 1.35 bits per heavy atom. The minimum Gasteiger partial charge on any atom is -0.396 e. The van der Waals surface area contributed by atoms with Crippen LogP contribution < -0.4 is 10.2 Å². The van der Waals surface area contributed by atoms with Gasteiger partial charge in [0.25, 0.3) is 0 Å². The number of anilines is 1. The Balaban J connectivity index is 2.48. The number of aliphatic hydroxyl groups excluding tert-OH is 1. The van der Waals surface area contributed by atoms with Crippen LogP contribution in [0.5, 0.6) is 0 Å². The SMILES string of the molecule is CCC(CC)(CO)CNC(=O)CN(C)c1ncccn1. The van der Waals surface area contributed by atoms with E-state index < -0.39 is 0 Å². The van der Waals surface area contributed by atoms with E-state index in [1.54, 1.807) is 30.4 Å². The van der Waals surface area contributed by atoms with Crippen LogP contribution in [0.15, 0.2) is 18.5 Å². The number of nitrogens with zero attached hydrogens (tertiary/aromatic N) is 3. The van der Waals surface area contributed by atoms with Crippen molar-refractivity contribution in [2.24, 2.45) is 5.41 Å². The highest BCUT2D eigenvalue weighted by atomic mass is 16.3.